The molecule has 0 aromatic heterocycles. The van der Waals surface area contributed by atoms with Gasteiger partial charge in [0, 0.05) is 10.5 Å². The molecule has 1 unspecified atom stereocenters. The maximum absolute atomic E-state index is 5.44. The molecular weight excluding hydrogens is 330 g/mol. The third-order valence-electron chi connectivity index (χ3n) is 3.34. The van der Waals surface area contributed by atoms with Crippen molar-refractivity contribution >= 4 is 15.9 Å². The molecule has 0 radical (unpaired) electrons. The Balaban J connectivity index is 3.16. The summed E-state index contributed by atoms with van der Waals surface area (Å²) in [4.78, 5) is 0. The molecule has 0 spiro atoms. The van der Waals surface area contributed by atoms with Gasteiger partial charge in [0.1, 0.15) is 0 Å². The van der Waals surface area contributed by atoms with Crippen LogP contribution in [0.1, 0.15) is 52.1 Å². The number of ether oxygens (including phenoxy) is 2. The van der Waals surface area contributed by atoms with Crippen molar-refractivity contribution in [1.29, 1.82) is 0 Å². The molecule has 0 bridgehead atoms. The van der Waals surface area contributed by atoms with Crippen molar-refractivity contribution in [2.24, 2.45) is 5.41 Å². The Morgan fingerprint density at radius 3 is 2.19 bits per heavy atom. The first-order valence-corrected chi connectivity index (χ1v) is 8.26. The first-order chi connectivity index (χ1) is 9.82. The second kappa shape index (κ2) is 8.04. The lowest BCUT2D eigenvalue weighted by atomic mass is 9.85. The maximum atomic E-state index is 5.44. The predicted octanol–water partition coefficient (Wildman–Crippen LogP) is 4.94. The molecule has 3 nitrogen and oxygen atoms in total. The van der Waals surface area contributed by atoms with Crippen LogP contribution in [0, 0.1) is 5.41 Å². The lowest BCUT2D eigenvalue weighted by molar-refractivity contribution is 0.309. The highest BCUT2D eigenvalue weighted by molar-refractivity contribution is 9.10. The van der Waals surface area contributed by atoms with Gasteiger partial charge >= 0.3 is 0 Å². The molecule has 1 N–H and O–H groups in total. The number of benzene rings is 1. The normalized spacial score (nSPS) is 13.1. The van der Waals surface area contributed by atoms with Crippen LogP contribution >= 0.6 is 15.9 Å². The molecule has 1 aromatic carbocycles. The summed E-state index contributed by atoms with van der Waals surface area (Å²) in [5, 5.41) is 3.65. The van der Waals surface area contributed by atoms with Gasteiger partial charge in [0.25, 0.3) is 0 Å². The van der Waals surface area contributed by atoms with Crippen LogP contribution in [-0.4, -0.2) is 20.8 Å². The zero-order chi connectivity index (χ0) is 16.0. The molecule has 1 atom stereocenters. The van der Waals surface area contributed by atoms with Crippen LogP contribution in [0.15, 0.2) is 16.6 Å². The number of methoxy groups -OCH3 is 2. The van der Waals surface area contributed by atoms with Gasteiger partial charge in [-0.05, 0) is 42.5 Å². The zero-order valence-corrected chi connectivity index (χ0v) is 15.6. The molecule has 120 valence electrons. The summed E-state index contributed by atoms with van der Waals surface area (Å²) in [6, 6.07) is 4.35. The van der Waals surface area contributed by atoms with Crippen LogP contribution in [0.4, 0.5) is 0 Å². The molecule has 0 amide bonds. The van der Waals surface area contributed by atoms with E-state index in [-0.39, 0.29) is 5.41 Å². The SMILES string of the molecule is CCCNC(CC(C)(C)C)c1cc(OC)c(OC)cc1Br. The maximum Gasteiger partial charge on any atom is 0.161 e. The topological polar surface area (TPSA) is 30.5 Å². The Morgan fingerprint density at radius 1 is 1.14 bits per heavy atom. The first kappa shape index (κ1) is 18.3. The molecule has 0 saturated carbocycles. The zero-order valence-electron chi connectivity index (χ0n) is 14.0. The second-order valence-corrected chi connectivity index (χ2v) is 7.35. The third-order valence-corrected chi connectivity index (χ3v) is 4.02. The molecule has 0 fully saturated rings. The van der Waals surface area contributed by atoms with E-state index in [4.69, 9.17) is 9.47 Å². The van der Waals surface area contributed by atoms with E-state index in [1.807, 2.05) is 6.07 Å². The van der Waals surface area contributed by atoms with Gasteiger partial charge in [-0.15, -0.1) is 0 Å². The summed E-state index contributed by atoms with van der Waals surface area (Å²) < 4.78 is 11.9. The van der Waals surface area contributed by atoms with Crippen molar-refractivity contribution in [3.05, 3.63) is 22.2 Å². The quantitative estimate of drug-likeness (QED) is 0.749. The summed E-state index contributed by atoms with van der Waals surface area (Å²) in [7, 11) is 3.33. The van der Waals surface area contributed by atoms with Crippen molar-refractivity contribution in [1.82, 2.24) is 5.32 Å². The molecular formula is C17H28BrNO2. The Bertz CT molecular complexity index is 455. The fourth-order valence-corrected chi connectivity index (χ4v) is 2.96. The predicted molar refractivity (Wildman–Crippen MR) is 92.4 cm³/mol. The van der Waals surface area contributed by atoms with Crippen molar-refractivity contribution in [3.8, 4) is 11.5 Å². The summed E-state index contributed by atoms with van der Waals surface area (Å²) in [6.07, 6.45) is 2.17. The number of hydrogen-bond donors (Lipinski definition) is 1. The van der Waals surface area contributed by atoms with Gasteiger partial charge in [-0.3, -0.25) is 0 Å². The molecule has 0 aliphatic carbocycles. The molecule has 0 heterocycles. The van der Waals surface area contributed by atoms with Gasteiger partial charge in [-0.1, -0.05) is 43.6 Å². The van der Waals surface area contributed by atoms with Gasteiger partial charge in [0.05, 0.1) is 14.2 Å². The fourth-order valence-electron chi connectivity index (χ4n) is 2.36. The molecule has 0 aliphatic heterocycles. The van der Waals surface area contributed by atoms with E-state index in [9.17, 15) is 0 Å². The molecule has 1 aromatic rings. The van der Waals surface area contributed by atoms with Gasteiger partial charge in [0.15, 0.2) is 11.5 Å². The van der Waals surface area contributed by atoms with Crippen molar-refractivity contribution < 1.29 is 9.47 Å². The summed E-state index contributed by atoms with van der Waals surface area (Å²) in [5.41, 5.74) is 1.47. The van der Waals surface area contributed by atoms with E-state index < -0.39 is 0 Å². The van der Waals surface area contributed by atoms with Crippen molar-refractivity contribution in [2.45, 2.75) is 46.6 Å². The molecule has 21 heavy (non-hydrogen) atoms. The number of nitrogens with one attached hydrogen (secondary N) is 1. The van der Waals surface area contributed by atoms with E-state index in [1.165, 1.54) is 5.56 Å². The minimum atomic E-state index is 0.248. The van der Waals surface area contributed by atoms with Gasteiger partial charge in [0.2, 0.25) is 0 Å². The highest BCUT2D eigenvalue weighted by Gasteiger charge is 2.23. The van der Waals surface area contributed by atoms with E-state index >= 15 is 0 Å². The number of rotatable bonds is 7. The second-order valence-electron chi connectivity index (χ2n) is 6.50. The Kier molecular flexibility index (Phi) is 7.01. The molecule has 0 aliphatic rings. The number of hydrogen-bond acceptors (Lipinski definition) is 3. The van der Waals surface area contributed by atoms with Gasteiger partial charge in [-0.2, -0.15) is 0 Å². The lowest BCUT2D eigenvalue weighted by Crippen LogP contribution is -2.26. The minimum absolute atomic E-state index is 0.248. The third kappa shape index (κ3) is 5.51. The fraction of sp³-hybridized carbons (Fsp3) is 0.647. The smallest absolute Gasteiger partial charge is 0.161 e. The largest absolute Gasteiger partial charge is 0.493 e. The van der Waals surface area contributed by atoms with E-state index in [0.29, 0.717) is 6.04 Å². The Morgan fingerprint density at radius 2 is 1.71 bits per heavy atom. The number of halogens is 1. The van der Waals surface area contributed by atoms with E-state index in [0.717, 1.165) is 35.4 Å². The molecule has 1 rings (SSSR count). The van der Waals surface area contributed by atoms with E-state index in [2.05, 4.69) is 55.0 Å². The minimum Gasteiger partial charge on any atom is -0.493 e. The molecule has 0 saturated heterocycles. The van der Waals surface area contributed by atoms with Crippen LogP contribution in [0.2, 0.25) is 0 Å². The summed E-state index contributed by atoms with van der Waals surface area (Å²) >= 11 is 3.68. The van der Waals surface area contributed by atoms with Crippen molar-refractivity contribution in [2.75, 3.05) is 20.8 Å². The van der Waals surface area contributed by atoms with Gasteiger partial charge < -0.3 is 14.8 Å². The van der Waals surface area contributed by atoms with E-state index in [1.54, 1.807) is 14.2 Å². The van der Waals surface area contributed by atoms with Crippen LogP contribution < -0.4 is 14.8 Å². The summed E-state index contributed by atoms with van der Waals surface area (Å²) in [6.45, 7) is 9.99. The Hall–Kier alpha value is -0.740. The van der Waals surface area contributed by atoms with Crippen LogP contribution in [-0.2, 0) is 0 Å². The highest BCUT2D eigenvalue weighted by atomic mass is 79.9. The standard InChI is InChI=1S/C17H28BrNO2/c1-7-8-19-14(11-17(2,3)4)12-9-15(20-5)16(21-6)10-13(12)18/h9-10,14,19H,7-8,11H2,1-6H3. The Labute approximate surface area is 137 Å². The van der Waals surface area contributed by atoms with Crippen molar-refractivity contribution in [3.63, 3.8) is 0 Å². The highest BCUT2D eigenvalue weighted by Crippen LogP contribution is 2.39. The van der Waals surface area contributed by atoms with Crippen LogP contribution in [0.25, 0.3) is 0 Å². The lowest BCUT2D eigenvalue weighted by Gasteiger charge is -2.28. The van der Waals surface area contributed by atoms with Crippen LogP contribution in [0.5, 0.6) is 11.5 Å². The first-order valence-electron chi connectivity index (χ1n) is 7.47. The monoisotopic (exact) mass is 357 g/mol. The molecule has 4 heteroatoms. The average Bonchev–Trinajstić information content (AvgIpc) is 2.42. The average molecular weight is 358 g/mol. The van der Waals surface area contributed by atoms with Crippen LogP contribution in [0.3, 0.4) is 0 Å². The van der Waals surface area contributed by atoms with Gasteiger partial charge in [-0.25, -0.2) is 0 Å². The summed E-state index contributed by atoms with van der Waals surface area (Å²) in [5.74, 6) is 1.52.